The largest absolute Gasteiger partial charge is 0.448 e. The molecular formula is C19H23N3O3S. The van der Waals surface area contributed by atoms with Crippen LogP contribution in [0.5, 0.6) is 0 Å². The zero-order chi connectivity index (χ0) is 19.3. The predicted octanol–water partition coefficient (Wildman–Crippen LogP) is 3.85. The molecule has 1 heterocycles. The first-order chi connectivity index (χ1) is 12.3. The van der Waals surface area contributed by atoms with Crippen molar-refractivity contribution in [3.05, 3.63) is 52.6 Å². The molecule has 138 valence electrons. The summed E-state index contributed by atoms with van der Waals surface area (Å²) in [4.78, 5) is 28.7. The monoisotopic (exact) mass is 373 g/mol. The molecule has 0 aliphatic rings. The van der Waals surface area contributed by atoms with Gasteiger partial charge in [0.15, 0.2) is 16.9 Å². The zero-order valence-corrected chi connectivity index (χ0v) is 16.2. The molecule has 0 radical (unpaired) electrons. The van der Waals surface area contributed by atoms with Crippen molar-refractivity contribution in [2.24, 2.45) is 0 Å². The van der Waals surface area contributed by atoms with Gasteiger partial charge in [-0.3, -0.25) is 4.79 Å². The molecule has 1 aromatic heterocycles. The minimum absolute atomic E-state index is 0.170. The predicted molar refractivity (Wildman–Crippen MR) is 105 cm³/mol. The highest BCUT2D eigenvalue weighted by Crippen LogP contribution is 2.22. The van der Waals surface area contributed by atoms with Gasteiger partial charge in [0, 0.05) is 17.6 Å². The molecule has 1 atom stereocenters. The molecule has 2 aromatic rings. The molecule has 0 unspecified atom stereocenters. The minimum atomic E-state index is -0.936. The van der Waals surface area contributed by atoms with Gasteiger partial charge < -0.3 is 15.4 Å². The minimum Gasteiger partial charge on any atom is -0.448 e. The second-order valence-corrected chi connectivity index (χ2v) is 6.88. The Hall–Kier alpha value is -2.67. The summed E-state index contributed by atoms with van der Waals surface area (Å²) in [6, 6.07) is 3.98. The lowest BCUT2D eigenvalue weighted by atomic mass is 10.0. The van der Waals surface area contributed by atoms with E-state index < -0.39 is 12.1 Å². The first-order valence-corrected chi connectivity index (χ1v) is 9.09. The smallest absolute Gasteiger partial charge is 0.358 e. The van der Waals surface area contributed by atoms with E-state index in [0.29, 0.717) is 11.7 Å². The molecule has 26 heavy (non-hydrogen) atoms. The highest BCUT2D eigenvalue weighted by Gasteiger charge is 2.22. The third-order valence-electron chi connectivity index (χ3n) is 3.69. The van der Waals surface area contributed by atoms with E-state index >= 15 is 0 Å². The number of nitrogens with one attached hydrogen (secondary N) is 2. The van der Waals surface area contributed by atoms with Gasteiger partial charge in [0.1, 0.15) is 0 Å². The molecule has 1 aromatic carbocycles. The van der Waals surface area contributed by atoms with Gasteiger partial charge in [0.2, 0.25) is 0 Å². The number of benzene rings is 1. The number of hydrogen-bond acceptors (Lipinski definition) is 6. The maximum absolute atomic E-state index is 12.4. The van der Waals surface area contributed by atoms with Crippen molar-refractivity contribution < 1.29 is 14.3 Å². The summed E-state index contributed by atoms with van der Waals surface area (Å²) in [7, 11) is 0. The summed E-state index contributed by atoms with van der Waals surface area (Å²) in [5.74, 6) is -1.01. The van der Waals surface area contributed by atoms with E-state index in [4.69, 9.17) is 4.74 Å². The Morgan fingerprint density at radius 1 is 1.31 bits per heavy atom. The van der Waals surface area contributed by atoms with Gasteiger partial charge in [0.25, 0.3) is 5.91 Å². The third-order valence-corrected chi connectivity index (χ3v) is 4.49. The molecule has 6 nitrogen and oxygen atoms in total. The molecule has 2 rings (SSSR count). The average molecular weight is 373 g/mol. The number of ether oxygens (including phenoxy) is 1. The lowest BCUT2D eigenvalue weighted by molar-refractivity contribution is -0.123. The number of esters is 1. The van der Waals surface area contributed by atoms with E-state index in [1.165, 1.54) is 18.3 Å². The summed E-state index contributed by atoms with van der Waals surface area (Å²) in [5.41, 5.74) is 3.97. The van der Waals surface area contributed by atoms with Crippen LogP contribution in [0.15, 0.2) is 30.2 Å². The molecule has 0 saturated heterocycles. The van der Waals surface area contributed by atoms with E-state index in [-0.39, 0.29) is 11.6 Å². The van der Waals surface area contributed by atoms with Crippen molar-refractivity contribution in [1.82, 2.24) is 4.98 Å². The van der Waals surface area contributed by atoms with Crippen molar-refractivity contribution in [3.63, 3.8) is 0 Å². The summed E-state index contributed by atoms with van der Waals surface area (Å²) in [5, 5.41) is 8.02. The Labute approximate surface area is 157 Å². The molecule has 0 fully saturated rings. The van der Waals surface area contributed by atoms with Crippen LogP contribution in [0, 0.1) is 20.8 Å². The Morgan fingerprint density at radius 3 is 2.58 bits per heavy atom. The fourth-order valence-corrected chi connectivity index (χ4v) is 3.17. The van der Waals surface area contributed by atoms with Gasteiger partial charge in [-0.2, -0.15) is 0 Å². The van der Waals surface area contributed by atoms with E-state index in [9.17, 15) is 9.59 Å². The number of aryl methyl sites for hydroxylation is 3. The second kappa shape index (κ2) is 8.62. The maximum Gasteiger partial charge on any atom is 0.358 e. The zero-order valence-electron chi connectivity index (χ0n) is 15.4. The van der Waals surface area contributed by atoms with Crippen LogP contribution >= 0.6 is 11.3 Å². The second-order valence-electron chi connectivity index (χ2n) is 6.02. The molecule has 0 aliphatic heterocycles. The number of carbonyl (C=O) groups is 2. The molecule has 0 bridgehead atoms. The van der Waals surface area contributed by atoms with Crippen molar-refractivity contribution in [3.8, 4) is 0 Å². The van der Waals surface area contributed by atoms with E-state index in [1.807, 2.05) is 32.9 Å². The molecule has 1 amide bonds. The lowest BCUT2D eigenvalue weighted by Gasteiger charge is -2.16. The van der Waals surface area contributed by atoms with Crippen LogP contribution in [0.25, 0.3) is 0 Å². The average Bonchev–Trinajstić information content (AvgIpc) is 3.04. The van der Waals surface area contributed by atoms with Crippen molar-refractivity contribution in [2.45, 2.75) is 33.8 Å². The summed E-state index contributed by atoms with van der Waals surface area (Å²) < 4.78 is 5.24. The Morgan fingerprint density at radius 2 is 1.96 bits per heavy atom. The topological polar surface area (TPSA) is 80.3 Å². The number of aromatic nitrogens is 1. The number of rotatable bonds is 7. The van der Waals surface area contributed by atoms with Crippen LogP contribution in [-0.2, 0) is 9.53 Å². The van der Waals surface area contributed by atoms with Gasteiger partial charge in [-0.05, 0) is 38.8 Å². The van der Waals surface area contributed by atoms with Crippen LogP contribution in [0.3, 0.4) is 0 Å². The normalized spacial score (nSPS) is 11.5. The number of hydrogen-bond donors (Lipinski definition) is 2. The summed E-state index contributed by atoms with van der Waals surface area (Å²) in [6.07, 6.45) is 0.759. The Balaban J connectivity index is 1.99. The number of thiazole rings is 1. The molecule has 0 spiro atoms. The molecule has 0 saturated carbocycles. The fourth-order valence-electron chi connectivity index (χ4n) is 2.48. The van der Waals surface area contributed by atoms with Crippen LogP contribution in [0.1, 0.15) is 34.1 Å². The van der Waals surface area contributed by atoms with Crippen molar-refractivity contribution in [1.29, 1.82) is 0 Å². The molecular weight excluding hydrogens is 350 g/mol. The fraction of sp³-hybridized carbons (Fsp3) is 0.316. The number of amides is 1. The number of carbonyl (C=O) groups excluding carboxylic acids is 2. The van der Waals surface area contributed by atoms with Gasteiger partial charge in [0.05, 0.1) is 0 Å². The van der Waals surface area contributed by atoms with Gasteiger partial charge in [-0.15, -0.1) is 17.9 Å². The first kappa shape index (κ1) is 19.7. The molecule has 2 N–H and O–H groups in total. The van der Waals surface area contributed by atoms with Crippen molar-refractivity contribution >= 4 is 34.0 Å². The van der Waals surface area contributed by atoms with Crippen molar-refractivity contribution in [2.75, 3.05) is 17.2 Å². The van der Waals surface area contributed by atoms with Crippen LogP contribution < -0.4 is 10.6 Å². The van der Waals surface area contributed by atoms with Crippen LogP contribution in [0.2, 0.25) is 0 Å². The van der Waals surface area contributed by atoms with E-state index in [1.54, 1.807) is 11.5 Å². The molecule has 7 heteroatoms. The highest BCUT2D eigenvalue weighted by atomic mass is 32.1. The summed E-state index contributed by atoms with van der Waals surface area (Å²) in [6.45, 7) is 11.6. The van der Waals surface area contributed by atoms with Gasteiger partial charge >= 0.3 is 5.97 Å². The Bertz CT molecular complexity index is 806. The quantitative estimate of drug-likeness (QED) is 0.569. The first-order valence-electron chi connectivity index (χ1n) is 8.21. The van der Waals surface area contributed by atoms with Gasteiger partial charge in [-0.1, -0.05) is 23.8 Å². The molecule has 0 aliphatic carbocycles. The SMILES string of the molecule is C=CCNc1nc(C(=O)O[C@H](C)C(=O)Nc2c(C)cc(C)cc2C)cs1. The highest BCUT2D eigenvalue weighted by molar-refractivity contribution is 7.13. The maximum atomic E-state index is 12.4. The summed E-state index contributed by atoms with van der Waals surface area (Å²) >= 11 is 1.29. The van der Waals surface area contributed by atoms with Crippen LogP contribution in [0.4, 0.5) is 10.8 Å². The number of nitrogens with zero attached hydrogens (tertiary/aromatic N) is 1. The van der Waals surface area contributed by atoms with E-state index in [2.05, 4.69) is 22.2 Å². The van der Waals surface area contributed by atoms with Gasteiger partial charge in [-0.25, -0.2) is 9.78 Å². The van der Waals surface area contributed by atoms with Crippen LogP contribution in [-0.4, -0.2) is 29.5 Å². The standard InChI is InChI=1S/C19H23N3O3S/c1-6-7-20-19-21-15(10-26-19)18(24)25-14(5)17(23)22-16-12(3)8-11(2)9-13(16)4/h6,8-10,14H,1,7H2,2-5H3,(H,20,21)(H,22,23)/t14-/m1/s1. The lowest BCUT2D eigenvalue weighted by Crippen LogP contribution is -2.30. The number of anilines is 2. The Kier molecular flexibility index (Phi) is 6.52. The third kappa shape index (κ3) is 4.92. The van der Waals surface area contributed by atoms with E-state index in [0.717, 1.165) is 22.4 Å².